The summed E-state index contributed by atoms with van der Waals surface area (Å²) in [7, 11) is 0. The number of hydrogen-bond acceptors (Lipinski definition) is 2. The van der Waals surface area contributed by atoms with Crippen LogP contribution in [0.5, 0.6) is 0 Å². The van der Waals surface area contributed by atoms with Gasteiger partial charge in [-0.1, -0.05) is 28.1 Å². The first-order valence-corrected chi connectivity index (χ1v) is 8.70. The van der Waals surface area contributed by atoms with E-state index in [1.165, 1.54) is 41.7 Å². The molecule has 0 spiro atoms. The molecule has 2 nitrogen and oxygen atoms in total. The van der Waals surface area contributed by atoms with Gasteiger partial charge in [-0.2, -0.15) is 0 Å². The Kier molecular flexibility index (Phi) is 3.64. The molecule has 0 radical (unpaired) electrons. The Morgan fingerprint density at radius 2 is 1.95 bits per heavy atom. The first-order chi connectivity index (χ1) is 10.3. The summed E-state index contributed by atoms with van der Waals surface area (Å²) >= 11 is 3.52. The molecule has 3 aliphatic rings. The van der Waals surface area contributed by atoms with E-state index in [9.17, 15) is 0 Å². The molecule has 0 bridgehead atoms. The van der Waals surface area contributed by atoms with Crippen molar-refractivity contribution in [2.45, 2.75) is 38.1 Å². The zero-order valence-electron chi connectivity index (χ0n) is 12.1. The number of allylic oxidation sites excluding steroid dienone is 2. The van der Waals surface area contributed by atoms with E-state index < -0.39 is 0 Å². The van der Waals surface area contributed by atoms with E-state index in [4.69, 9.17) is 4.74 Å². The highest BCUT2D eigenvalue weighted by molar-refractivity contribution is 9.10. The number of benzene rings is 1. The Hall–Kier alpha value is -1.06. The zero-order chi connectivity index (χ0) is 14.2. The molecule has 2 fully saturated rings. The van der Waals surface area contributed by atoms with Crippen molar-refractivity contribution in [3.05, 3.63) is 51.2 Å². The topological polar surface area (TPSA) is 21.3 Å². The lowest BCUT2D eigenvalue weighted by molar-refractivity contribution is 0.196. The normalized spacial score (nSPS) is 25.3. The molecule has 2 heterocycles. The third-order valence-corrected chi connectivity index (χ3v) is 5.32. The Morgan fingerprint density at radius 1 is 1.10 bits per heavy atom. The zero-order valence-corrected chi connectivity index (χ0v) is 13.7. The van der Waals surface area contributed by atoms with Crippen LogP contribution in [0, 0.1) is 0 Å². The fourth-order valence-electron chi connectivity index (χ4n) is 3.78. The summed E-state index contributed by atoms with van der Waals surface area (Å²) < 4.78 is 7.20. The maximum atomic E-state index is 6.07. The third kappa shape index (κ3) is 2.47. The lowest BCUT2D eigenvalue weighted by atomic mass is 9.96. The molecule has 3 heteroatoms. The van der Waals surface area contributed by atoms with Crippen LogP contribution in [0.25, 0.3) is 5.57 Å². The second kappa shape index (κ2) is 5.62. The second-order valence-electron chi connectivity index (χ2n) is 6.10. The summed E-state index contributed by atoms with van der Waals surface area (Å²) in [5.74, 6) is 1.19. The van der Waals surface area contributed by atoms with E-state index in [1.807, 2.05) is 0 Å². The third-order valence-electron chi connectivity index (χ3n) is 4.79. The van der Waals surface area contributed by atoms with Crippen LogP contribution in [0.4, 0.5) is 0 Å². The maximum absolute atomic E-state index is 6.07. The molecule has 2 aliphatic heterocycles. The summed E-state index contributed by atoms with van der Waals surface area (Å²) in [6, 6.07) is 9.22. The van der Waals surface area contributed by atoms with Crippen molar-refractivity contribution in [3.8, 4) is 0 Å². The molecule has 2 saturated heterocycles. The van der Waals surface area contributed by atoms with Gasteiger partial charge >= 0.3 is 0 Å². The number of fused-ring (bicyclic) bond motifs is 1. The summed E-state index contributed by atoms with van der Waals surface area (Å²) in [6.07, 6.45) is 5.97. The van der Waals surface area contributed by atoms with E-state index in [1.54, 1.807) is 5.57 Å². The number of ether oxygens (including phenoxy) is 1. The molecule has 1 aromatic rings. The summed E-state index contributed by atoms with van der Waals surface area (Å²) in [4.78, 5) is 0. The standard InChI is InChI=1S/C18H20BrNO/c19-13-7-5-12(6-8-13)15-11-16(17-4-1-9-20-17)14-3-2-10-21-18(14)15/h5-8,17,20H,1-4,9-11H2. The molecule has 1 N–H and O–H groups in total. The Bertz CT molecular complexity index is 609. The van der Waals surface area contributed by atoms with Gasteiger partial charge in [-0.25, -0.2) is 0 Å². The molecule has 110 valence electrons. The average molecular weight is 346 g/mol. The van der Waals surface area contributed by atoms with Crippen molar-refractivity contribution in [1.29, 1.82) is 0 Å². The molecule has 0 amide bonds. The van der Waals surface area contributed by atoms with Gasteiger partial charge in [-0.15, -0.1) is 0 Å². The van der Waals surface area contributed by atoms with Gasteiger partial charge in [-0.05, 0) is 67.5 Å². The number of hydrogen-bond donors (Lipinski definition) is 1. The predicted molar refractivity (Wildman–Crippen MR) is 88.9 cm³/mol. The minimum atomic E-state index is 0.574. The van der Waals surface area contributed by atoms with Gasteiger partial charge in [0.1, 0.15) is 5.76 Å². The second-order valence-corrected chi connectivity index (χ2v) is 7.01. The van der Waals surface area contributed by atoms with Crippen molar-refractivity contribution in [2.24, 2.45) is 0 Å². The number of rotatable bonds is 2. The maximum Gasteiger partial charge on any atom is 0.126 e. The molecule has 1 aromatic carbocycles. The lowest BCUT2D eigenvalue weighted by Crippen LogP contribution is -2.24. The van der Waals surface area contributed by atoms with Crippen molar-refractivity contribution >= 4 is 21.5 Å². The highest BCUT2D eigenvalue weighted by Crippen LogP contribution is 2.45. The van der Waals surface area contributed by atoms with Gasteiger partial charge in [0.2, 0.25) is 0 Å². The fraction of sp³-hybridized carbons (Fsp3) is 0.444. The van der Waals surface area contributed by atoms with E-state index in [0.717, 1.165) is 30.5 Å². The quantitative estimate of drug-likeness (QED) is 0.856. The van der Waals surface area contributed by atoms with Gasteiger partial charge < -0.3 is 10.1 Å². The van der Waals surface area contributed by atoms with Crippen LogP contribution in [0.1, 0.15) is 37.7 Å². The SMILES string of the molecule is Brc1ccc(C2=C3OCCCC3=C(C3CCCN3)C2)cc1. The summed E-state index contributed by atoms with van der Waals surface area (Å²) in [5, 5.41) is 3.67. The van der Waals surface area contributed by atoms with E-state index >= 15 is 0 Å². The van der Waals surface area contributed by atoms with Gasteiger partial charge in [0.15, 0.2) is 0 Å². The summed E-state index contributed by atoms with van der Waals surface area (Å²) in [6.45, 7) is 2.02. The van der Waals surface area contributed by atoms with E-state index in [2.05, 4.69) is 45.5 Å². The predicted octanol–water partition coefficient (Wildman–Crippen LogP) is 4.42. The lowest BCUT2D eigenvalue weighted by Gasteiger charge is -2.21. The molecule has 1 unspecified atom stereocenters. The molecular formula is C18H20BrNO. The van der Waals surface area contributed by atoms with Crippen LogP contribution in [0.3, 0.4) is 0 Å². The van der Waals surface area contributed by atoms with Crippen molar-refractivity contribution in [1.82, 2.24) is 5.32 Å². The van der Waals surface area contributed by atoms with Crippen LogP contribution in [0.15, 0.2) is 45.6 Å². The van der Waals surface area contributed by atoms with Crippen molar-refractivity contribution < 1.29 is 4.74 Å². The van der Waals surface area contributed by atoms with Gasteiger partial charge in [0.05, 0.1) is 6.61 Å². The Labute approximate surface area is 134 Å². The first kappa shape index (κ1) is 13.6. The highest BCUT2D eigenvalue weighted by atomic mass is 79.9. The van der Waals surface area contributed by atoms with Gasteiger partial charge in [0, 0.05) is 16.1 Å². The number of nitrogens with one attached hydrogen (secondary N) is 1. The Morgan fingerprint density at radius 3 is 2.71 bits per heavy atom. The van der Waals surface area contributed by atoms with Crippen LogP contribution in [-0.4, -0.2) is 19.2 Å². The molecule has 4 rings (SSSR count). The van der Waals surface area contributed by atoms with E-state index in [-0.39, 0.29) is 0 Å². The highest BCUT2D eigenvalue weighted by Gasteiger charge is 2.33. The fourth-order valence-corrected chi connectivity index (χ4v) is 4.04. The van der Waals surface area contributed by atoms with Crippen LogP contribution >= 0.6 is 15.9 Å². The smallest absolute Gasteiger partial charge is 0.126 e. The monoisotopic (exact) mass is 345 g/mol. The molecule has 0 aromatic heterocycles. The number of halogens is 1. The van der Waals surface area contributed by atoms with Gasteiger partial charge in [-0.3, -0.25) is 0 Å². The van der Waals surface area contributed by atoms with Gasteiger partial charge in [0.25, 0.3) is 0 Å². The van der Waals surface area contributed by atoms with Crippen LogP contribution in [-0.2, 0) is 4.74 Å². The molecule has 21 heavy (non-hydrogen) atoms. The average Bonchev–Trinajstić information content (AvgIpc) is 3.15. The van der Waals surface area contributed by atoms with E-state index in [0.29, 0.717) is 6.04 Å². The Balaban J connectivity index is 1.71. The molecule has 0 saturated carbocycles. The molecule has 1 aliphatic carbocycles. The minimum absolute atomic E-state index is 0.574. The van der Waals surface area contributed by atoms with Crippen molar-refractivity contribution in [2.75, 3.05) is 13.2 Å². The van der Waals surface area contributed by atoms with Crippen molar-refractivity contribution in [3.63, 3.8) is 0 Å². The minimum Gasteiger partial charge on any atom is -0.493 e. The molecular weight excluding hydrogens is 326 g/mol. The largest absolute Gasteiger partial charge is 0.493 e. The van der Waals surface area contributed by atoms with Crippen LogP contribution < -0.4 is 5.32 Å². The van der Waals surface area contributed by atoms with Crippen LogP contribution in [0.2, 0.25) is 0 Å². The molecule has 1 atom stereocenters. The summed E-state index contributed by atoms with van der Waals surface area (Å²) in [5.41, 5.74) is 5.79. The first-order valence-electron chi connectivity index (χ1n) is 7.90.